The maximum absolute atomic E-state index is 13.5. The number of alkyl halides is 1. The number of aromatic nitrogens is 2. The number of piperazine rings is 1. The molecule has 11 heteroatoms. The number of nitrogens with one attached hydrogen (secondary N) is 3. The zero-order valence-corrected chi connectivity index (χ0v) is 21.4. The first-order valence-corrected chi connectivity index (χ1v) is 12.6. The van der Waals surface area contributed by atoms with E-state index in [1.807, 2.05) is 12.1 Å². The topological polar surface area (TPSA) is 85.5 Å². The van der Waals surface area contributed by atoms with Gasteiger partial charge in [0.2, 0.25) is 0 Å². The Balaban J connectivity index is 1.34. The third-order valence-corrected chi connectivity index (χ3v) is 6.62. The number of likely N-dealkylation sites (N-methyl/N-ethyl adjacent to an activating group) is 1. The van der Waals surface area contributed by atoms with Gasteiger partial charge < -0.3 is 25.2 Å². The number of amides is 1. The molecule has 0 saturated carbocycles. The highest BCUT2D eigenvalue weighted by molar-refractivity contribution is 6.11. The molecule has 1 aliphatic rings. The quantitative estimate of drug-likeness (QED) is 0.284. The first-order chi connectivity index (χ1) is 18.9. The normalized spacial score (nSPS) is 14.0. The van der Waals surface area contributed by atoms with Crippen molar-refractivity contribution in [1.82, 2.24) is 15.1 Å². The van der Waals surface area contributed by atoms with Gasteiger partial charge in [-0.1, -0.05) is 0 Å². The molecule has 1 saturated heterocycles. The minimum atomic E-state index is -0.680. The van der Waals surface area contributed by atoms with Crippen molar-refractivity contribution in [3.8, 4) is 5.75 Å². The fourth-order valence-electron chi connectivity index (χ4n) is 4.53. The molecule has 3 aromatic carbocycles. The van der Waals surface area contributed by atoms with E-state index in [1.54, 1.807) is 24.3 Å². The van der Waals surface area contributed by atoms with Gasteiger partial charge in [-0.25, -0.2) is 13.2 Å². The molecule has 0 radical (unpaired) electrons. The number of H-pyrrole nitrogens is 1. The number of hydrogen-bond donors (Lipinski definition) is 3. The van der Waals surface area contributed by atoms with Crippen LogP contribution in [0.2, 0.25) is 0 Å². The van der Waals surface area contributed by atoms with Gasteiger partial charge in [-0.2, -0.15) is 5.10 Å². The molecule has 1 aromatic heterocycles. The number of aromatic amines is 1. The zero-order chi connectivity index (χ0) is 27.4. The van der Waals surface area contributed by atoms with Crippen LogP contribution in [0.4, 0.5) is 30.4 Å². The molecule has 3 N–H and O–H groups in total. The molecule has 1 fully saturated rings. The van der Waals surface area contributed by atoms with E-state index in [0.717, 1.165) is 37.9 Å². The summed E-state index contributed by atoms with van der Waals surface area (Å²) in [6.07, 6.45) is 0. The Kier molecular flexibility index (Phi) is 7.87. The van der Waals surface area contributed by atoms with Crippen molar-refractivity contribution < 1.29 is 22.7 Å². The minimum Gasteiger partial charge on any atom is -0.489 e. The number of benzene rings is 3. The molecule has 2 heterocycles. The Bertz CT molecular complexity index is 1450. The third-order valence-electron chi connectivity index (χ3n) is 6.62. The molecule has 8 nitrogen and oxygen atoms in total. The van der Waals surface area contributed by atoms with Crippen molar-refractivity contribution in [1.29, 1.82) is 0 Å². The van der Waals surface area contributed by atoms with E-state index in [4.69, 9.17) is 4.74 Å². The van der Waals surface area contributed by atoms with Crippen molar-refractivity contribution in [3.63, 3.8) is 0 Å². The number of anilines is 3. The standard InChI is InChI=1S/C28H29F3N6O2/c1-36-8-10-37(11-9-36)21-2-4-23(26(15-21)32-7-6-29)28(38)33-27-24-16-22(3-5-25(24)34-35-27)39-17-18-12-19(30)14-20(31)13-18/h2-5,12-16,32H,6-11,17H2,1H3,(H2,33,34,35,38). The summed E-state index contributed by atoms with van der Waals surface area (Å²) in [6.45, 7) is 3.06. The van der Waals surface area contributed by atoms with Gasteiger partial charge in [-0.15, -0.1) is 0 Å². The minimum absolute atomic E-state index is 0.0387. The molecule has 39 heavy (non-hydrogen) atoms. The number of carbonyl (C=O) groups is 1. The number of nitrogens with zero attached hydrogens (tertiary/aromatic N) is 3. The van der Waals surface area contributed by atoms with Gasteiger partial charge in [-0.05, 0) is 61.1 Å². The second kappa shape index (κ2) is 11.6. The van der Waals surface area contributed by atoms with E-state index < -0.39 is 24.2 Å². The summed E-state index contributed by atoms with van der Waals surface area (Å²) < 4.78 is 45.7. The Labute approximate surface area is 223 Å². The van der Waals surface area contributed by atoms with Gasteiger partial charge in [0.25, 0.3) is 5.91 Å². The van der Waals surface area contributed by atoms with Crippen molar-refractivity contribution in [2.45, 2.75) is 6.61 Å². The lowest BCUT2D eigenvalue weighted by Crippen LogP contribution is -2.44. The summed E-state index contributed by atoms with van der Waals surface area (Å²) >= 11 is 0. The number of ether oxygens (including phenoxy) is 1. The lowest BCUT2D eigenvalue weighted by atomic mass is 10.1. The zero-order valence-electron chi connectivity index (χ0n) is 21.4. The molecule has 0 atom stereocenters. The van der Waals surface area contributed by atoms with Gasteiger partial charge in [0, 0.05) is 55.6 Å². The number of rotatable bonds is 9. The predicted molar refractivity (Wildman–Crippen MR) is 145 cm³/mol. The molecule has 0 bridgehead atoms. The largest absolute Gasteiger partial charge is 0.489 e. The number of carbonyl (C=O) groups excluding carboxylic acids is 1. The smallest absolute Gasteiger partial charge is 0.258 e. The van der Waals surface area contributed by atoms with Crippen LogP contribution >= 0.6 is 0 Å². The summed E-state index contributed by atoms with van der Waals surface area (Å²) in [5.74, 6) is -1.04. The number of halogens is 3. The highest BCUT2D eigenvalue weighted by Crippen LogP contribution is 2.29. The number of fused-ring (bicyclic) bond motifs is 1. The molecular formula is C28H29F3N6O2. The lowest BCUT2D eigenvalue weighted by molar-refractivity contribution is 0.102. The average molecular weight is 539 g/mol. The van der Waals surface area contributed by atoms with Crippen LogP contribution in [-0.2, 0) is 6.61 Å². The van der Waals surface area contributed by atoms with Gasteiger partial charge in [0.05, 0.1) is 11.1 Å². The summed E-state index contributed by atoms with van der Waals surface area (Å²) in [5.41, 5.74) is 2.87. The first kappa shape index (κ1) is 26.4. The SMILES string of the molecule is CN1CCN(c2ccc(C(=O)Nc3n[nH]c4ccc(OCc5cc(F)cc(F)c5)cc34)c(NCCF)c2)CC1. The Hall–Kier alpha value is -4.25. The first-order valence-electron chi connectivity index (χ1n) is 12.6. The molecule has 204 valence electrons. The van der Waals surface area contributed by atoms with Crippen LogP contribution in [0.3, 0.4) is 0 Å². The van der Waals surface area contributed by atoms with Crippen LogP contribution in [0.5, 0.6) is 5.75 Å². The van der Waals surface area contributed by atoms with E-state index in [-0.39, 0.29) is 19.0 Å². The average Bonchev–Trinajstić information content (AvgIpc) is 3.32. The fourth-order valence-corrected chi connectivity index (χ4v) is 4.53. The molecular weight excluding hydrogens is 509 g/mol. The predicted octanol–water partition coefficient (Wildman–Crippen LogP) is 4.81. The summed E-state index contributed by atoms with van der Waals surface area (Å²) in [5, 5.41) is 13.5. The van der Waals surface area contributed by atoms with Crippen LogP contribution < -0.4 is 20.3 Å². The van der Waals surface area contributed by atoms with Crippen LogP contribution in [0.15, 0.2) is 54.6 Å². The van der Waals surface area contributed by atoms with Crippen molar-refractivity contribution >= 4 is 34.0 Å². The van der Waals surface area contributed by atoms with E-state index >= 15 is 0 Å². The molecule has 1 amide bonds. The Morgan fingerprint density at radius 2 is 1.79 bits per heavy atom. The van der Waals surface area contributed by atoms with Gasteiger partial charge in [0.15, 0.2) is 5.82 Å². The van der Waals surface area contributed by atoms with Crippen molar-refractivity contribution in [2.75, 3.05) is 62.0 Å². The summed E-state index contributed by atoms with van der Waals surface area (Å²) in [7, 11) is 2.08. The summed E-state index contributed by atoms with van der Waals surface area (Å²) in [6, 6.07) is 13.8. The molecule has 1 aliphatic heterocycles. The third kappa shape index (κ3) is 6.26. The van der Waals surface area contributed by atoms with E-state index in [0.29, 0.717) is 33.5 Å². The molecule has 0 aliphatic carbocycles. The maximum atomic E-state index is 13.5. The van der Waals surface area contributed by atoms with E-state index in [1.165, 1.54) is 12.1 Å². The maximum Gasteiger partial charge on any atom is 0.258 e. The Morgan fingerprint density at radius 3 is 2.54 bits per heavy atom. The molecule has 5 rings (SSSR count). The second-order valence-corrected chi connectivity index (χ2v) is 9.44. The number of hydrogen-bond acceptors (Lipinski definition) is 6. The van der Waals surface area contributed by atoms with Crippen LogP contribution in [0.25, 0.3) is 10.9 Å². The van der Waals surface area contributed by atoms with Gasteiger partial charge >= 0.3 is 0 Å². The lowest BCUT2D eigenvalue weighted by Gasteiger charge is -2.34. The molecule has 0 spiro atoms. The van der Waals surface area contributed by atoms with Gasteiger partial charge in [0.1, 0.15) is 30.7 Å². The van der Waals surface area contributed by atoms with Gasteiger partial charge in [-0.3, -0.25) is 9.89 Å². The van der Waals surface area contributed by atoms with Crippen LogP contribution in [-0.4, -0.2) is 67.5 Å². The fraction of sp³-hybridized carbons (Fsp3) is 0.286. The van der Waals surface area contributed by atoms with E-state index in [2.05, 4.69) is 37.7 Å². The Morgan fingerprint density at radius 1 is 1.03 bits per heavy atom. The monoisotopic (exact) mass is 538 g/mol. The summed E-state index contributed by atoms with van der Waals surface area (Å²) in [4.78, 5) is 17.8. The van der Waals surface area contributed by atoms with Crippen molar-refractivity contribution in [3.05, 3.63) is 77.4 Å². The van der Waals surface area contributed by atoms with Crippen LogP contribution in [0, 0.1) is 11.6 Å². The van der Waals surface area contributed by atoms with Crippen molar-refractivity contribution in [2.24, 2.45) is 0 Å². The van der Waals surface area contributed by atoms with Crippen LogP contribution in [0.1, 0.15) is 15.9 Å². The molecule has 0 unspecified atom stereocenters. The highest BCUT2D eigenvalue weighted by Gasteiger charge is 2.19. The van der Waals surface area contributed by atoms with E-state index in [9.17, 15) is 18.0 Å². The second-order valence-electron chi connectivity index (χ2n) is 9.44. The molecule has 4 aromatic rings. The highest BCUT2D eigenvalue weighted by atomic mass is 19.1.